The summed E-state index contributed by atoms with van der Waals surface area (Å²) < 4.78 is 46.8. The molecule has 0 radical (unpaired) electrons. The lowest BCUT2D eigenvalue weighted by Crippen LogP contribution is -2.32. The number of aromatic nitrogens is 1. The molecule has 1 saturated heterocycles. The van der Waals surface area contributed by atoms with E-state index in [1.54, 1.807) is 18.2 Å². The van der Waals surface area contributed by atoms with Crippen molar-refractivity contribution in [3.63, 3.8) is 0 Å². The van der Waals surface area contributed by atoms with Gasteiger partial charge in [0.05, 0.1) is 18.4 Å². The van der Waals surface area contributed by atoms with Gasteiger partial charge in [0.15, 0.2) is 0 Å². The van der Waals surface area contributed by atoms with Crippen LogP contribution in [0, 0.1) is 0 Å². The number of halogens is 3. The lowest BCUT2D eigenvalue weighted by atomic mass is 10.1. The summed E-state index contributed by atoms with van der Waals surface area (Å²) in [5, 5.41) is 2.48. The van der Waals surface area contributed by atoms with Crippen LogP contribution in [-0.4, -0.2) is 30.1 Å². The number of alkyl halides is 3. The lowest BCUT2D eigenvalue weighted by molar-refractivity contribution is -0.136. The van der Waals surface area contributed by atoms with E-state index in [2.05, 4.69) is 10.3 Å². The number of carbonyl (C=O) groups excluding carboxylic acids is 1. The van der Waals surface area contributed by atoms with Crippen molar-refractivity contribution in [3.8, 4) is 5.75 Å². The van der Waals surface area contributed by atoms with Crippen LogP contribution in [0.4, 0.5) is 24.5 Å². The van der Waals surface area contributed by atoms with E-state index in [0.717, 1.165) is 18.9 Å². The number of aromatic amines is 1. The third-order valence-electron chi connectivity index (χ3n) is 6.14. The van der Waals surface area contributed by atoms with Crippen LogP contribution < -0.4 is 20.4 Å². The Morgan fingerprint density at radius 3 is 2.45 bits per heavy atom. The molecule has 1 aliphatic rings. The van der Waals surface area contributed by atoms with Gasteiger partial charge < -0.3 is 19.9 Å². The van der Waals surface area contributed by atoms with Crippen LogP contribution in [-0.2, 0) is 6.18 Å². The third-order valence-corrected chi connectivity index (χ3v) is 6.14. The monoisotopic (exact) mass is 459 g/mol. The molecule has 6 nitrogen and oxygen atoms in total. The molecule has 174 valence electrons. The molecule has 9 heteroatoms. The summed E-state index contributed by atoms with van der Waals surface area (Å²) in [7, 11) is 1.44. The van der Waals surface area contributed by atoms with Crippen molar-refractivity contribution in [2.24, 2.45) is 0 Å². The molecule has 1 aliphatic heterocycles. The molecule has 3 aromatic rings. The Labute approximate surface area is 188 Å². The predicted octanol–water partition coefficient (Wildman–Crippen LogP) is 5.19. The molecule has 2 heterocycles. The molecular formula is C24H24F3N3O3. The van der Waals surface area contributed by atoms with Crippen molar-refractivity contribution in [2.75, 3.05) is 17.3 Å². The Hall–Kier alpha value is -3.49. The fraction of sp³-hybridized carbons (Fsp3) is 0.333. The van der Waals surface area contributed by atoms with Gasteiger partial charge in [0.1, 0.15) is 11.3 Å². The zero-order chi connectivity index (χ0) is 23.9. The van der Waals surface area contributed by atoms with E-state index in [0.29, 0.717) is 17.0 Å². The minimum Gasteiger partial charge on any atom is -0.497 e. The number of nitrogens with one attached hydrogen (secondary N) is 2. The molecule has 2 unspecified atom stereocenters. The molecule has 2 N–H and O–H groups in total. The van der Waals surface area contributed by atoms with Gasteiger partial charge in [0, 0.05) is 34.9 Å². The Kier molecular flexibility index (Phi) is 5.82. The van der Waals surface area contributed by atoms with Gasteiger partial charge in [0.2, 0.25) is 5.43 Å². The van der Waals surface area contributed by atoms with E-state index in [9.17, 15) is 22.8 Å². The molecule has 1 fully saturated rings. The number of ether oxygens (including phenoxy) is 1. The van der Waals surface area contributed by atoms with E-state index >= 15 is 0 Å². The Balaban J connectivity index is 1.71. The maximum absolute atomic E-state index is 13.9. The van der Waals surface area contributed by atoms with Crippen molar-refractivity contribution in [3.05, 3.63) is 63.9 Å². The summed E-state index contributed by atoms with van der Waals surface area (Å²) in [5.41, 5.74) is -1.33. The second-order valence-electron chi connectivity index (χ2n) is 8.31. The first-order valence-electron chi connectivity index (χ1n) is 10.6. The number of fused-ring (bicyclic) bond motifs is 1. The molecule has 2 atom stereocenters. The Morgan fingerprint density at radius 1 is 1.12 bits per heavy atom. The normalized spacial score (nSPS) is 18.5. The van der Waals surface area contributed by atoms with Crippen LogP contribution in [0.1, 0.15) is 42.6 Å². The predicted molar refractivity (Wildman–Crippen MR) is 121 cm³/mol. The molecule has 33 heavy (non-hydrogen) atoms. The van der Waals surface area contributed by atoms with Gasteiger partial charge in [-0.1, -0.05) is 0 Å². The van der Waals surface area contributed by atoms with Crippen molar-refractivity contribution in [1.82, 2.24) is 4.98 Å². The van der Waals surface area contributed by atoms with E-state index in [-0.39, 0.29) is 23.0 Å². The molecule has 0 bridgehead atoms. The van der Waals surface area contributed by atoms with Crippen LogP contribution >= 0.6 is 0 Å². The van der Waals surface area contributed by atoms with Crippen molar-refractivity contribution in [1.29, 1.82) is 0 Å². The standard InChI is InChI=1S/C24H24F3N3O3/c1-13-4-5-14(2)30(13)15-6-8-21(19(10-15)24(25,26)27)29-23(32)18-12-28-20-9-7-16(33-3)11-17(20)22(18)31/h6-14H,4-5H2,1-3H3,(H,28,31)(H,29,32). The highest BCUT2D eigenvalue weighted by molar-refractivity contribution is 6.06. The summed E-state index contributed by atoms with van der Waals surface area (Å²) in [6.07, 6.45) is -1.69. The van der Waals surface area contributed by atoms with Crippen LogP contribution in [0.25, 0.3) is 10.9 Å². The summed E-state index contributed by atoms with van der Waals surface area (Å²) in [5.74, 6) is -0.506. The number of carbonyl (C=O) groups is 1. The molecule has 0 aliphatic carbocycles. The SMILES string of the molecule is COc1ccc2[nH]cc(C(=O)Nc3ccc(N4C(C)CCC4C)cc3C(F)(F)F)c(=O)c2c1. The molecule has 2 aromatic carbocycles. The first-order chi connectivity index (χ1) is 15.6. The number of benzene rings is 2. The number of amides is 1. The minimum absolute atomic E-state index is 0.120. The van der Waals surface area contributed by atoms with E-state index in [4.69, 9.17) is 4.74 Å². The number of H-pyrrole nitrogens is 1. The molecule has 0 saturated carbocycles. The number of hydrogen-bond donors (Lipinski definition) is 2. The van der Waals surface area contributed by atoms with E-state index in [1.165, 1.54) is 25.4 Å². The maximum atomic E-state index is 13.9. The van der Waals surface area contributed by atoms with E-state index in [1.807, 2.05) is 18.7 Å². The van der Waals surface area contributed by atoms with Gasteiger partial charge in [-0.2, -0.15) is 13.2 Å². The lowest BCUT2D eigenvalue weighted by Gasteiger charge is -2.30. The fourth-order valence-corrected chi connectivity index (χ4v) is 4.42. The summed E-state index contributed by atoms with van der Waals surface area (Å²) in [4.78, 5) is 30.5. The topological polar surface area (TPSA) is 74.4 Å². The van der Waals surface area contributed by atoms with Gasteiger partial charge in [-0.15, -0.1) is 0 Å². The summed E-state index contributed by atoms with van der Waals surface area (Å²) >= 11 is 0. The smallest absolute Gasteiger partial charge is 0.418 e. The molecule has 4 rings (SSSR count). The molecule has 0 spiro atoms. The fourth-order valence-electron chi connectivity index (χ4n) is 4.42. The quantitative estimate of drug-likeness (QED) is 0.564. The van der Waals surface area contributed by atoms with E-state index < -0.39 is 28.8 Å². The minimum atomic E-state index is -4.69. The first-order valence-corrected chi connectivity index (χ1v) is 10.6. The number of hydrogen-bond acceptors (Lipinski definition) is 4. The second-order valence-corrected chi connectivity index (χ2v) is 8.31. The van der Waals surface area contributed by atoms with Crippen LogP contribution in [0.15, 0.2) is 47.4 Å². The van der Waals surface area contributed by atoms with Gasteiger partial charge in [0.25, 0.3) is 5.91 Å². The van der Waals surface area contributed by atoms with Crippen LogP contribution in [0.5, 0.6) is 5.75 Å². The van der Waals surface area contributed by atoms with Crippen molar-refractivity contribution >= 4 is 28.2 Å². The number of pyridine rings is 1. The summed E-state index contributed by atoms with van der Waals surface area (Å²) in [6.45, 7) is 3.96. The van der Waals surface area contributed by atoms with Crippen molar-refractivity contribution < 1.29 is 22.7 Å². The highest BCUT2D eigenvalue weighted by Gasteiger charge is 2.36. The highest BCUT2D eigenvalue weighted by Crippen LogP contribution is 2.39. The highest BCUT2D eigenvalue weighted by atomic mass is 19.4. The Bertz CT molecular complexity index is 1260. The molecule has 1 aromatic heterocycles. The second kappa shape index (κ2) is 8.46. The number of anilines is 2. The number of methoxy groups -OCH3 is 1. The number of rotatable bonds is 4. The average molecular weight is 459 g/mol. The zero-order valence-electron chi connectivity index (χ0n) is 18.4. The van der Waals surface area contributed by atoms with Crippen molar-refractivity contribution in [2.45, 2.75) is 44.9 Å². The average Bonchev–Trinajstić information content (AvgIpc) is 3.11. The summed E-state index contributed by atoms with van der Waals surface area (Å²) in [6, 6.07) is 8.85. The largest absolute Gasteiger partial charge is 0.497 e. The molecular weight excluding hydrogens is 435 g/mol. The van der Waals surface area contributed by atoms with Crippen LogP contribution in [0.3, 0.4) is 0 Å². The zero-order valence-corrected chi connectivity index (χ0v) is 18.4. The van der Waals surface area contributed by atoms with Gasteiger partial charge >= 0.3 is 6.18 Å². The van der Waals surface area contributed by atoms with Gasteiger partial charge in [-0.05, 0) is 63.1 Å². The Morgan fingerprint density at radius 2 is 1.82 bits per heavy atom. The maximum Gasteiger partial charge on any atom is 0.418 e. The van der Waals surface area contributed by atoms with Gasteiger partial charge in [-0.3, -0.25) is 9.59 Å². The third kappa shape index (κ3) is 4.27. The first kappa shape index (κ1) is 22.7. The van der Waals surface area contributed by atoms with Gasteiger partial charge in [-0.25, -0.2) is 0 Å². The number of nitrogens with zero attached hydrogens (tertiary/aromatic N) is 1. The molecule has 1 amide bonds. The van der Waals surface area contributed by atoms with Crippen LogP contribution in [0.2, 0.25) is 0 Å².